The van der Waals surface area contributed by atoms with Crippen LogP contribution in [-0.4, -0.2) is 53.2 Å². The number of carbonyl (C=O) groups excluding carboxylic acids is 2. The highest BCUT2D eigenvalue weighted by atomic mass is 32.2. The minimum atomic E-state index is -3.59. The molecule has 1 atom stereocenters. The van der Waals surface area contributed by atoms with Crippen LogP contribution in [0.4, 0.5) is 5.82 Å². The molecule has 1 aliphatic carbocycles. The number of benzene rings is 1. The van der Waals surface area contributed by atoms with Crippen molar-refractivity contribution in [3.05, 3.63) is 70.0 Å². The van der Waals surface area contributed by atoms with E-state index in [-0.39, 0.29) is 11.4 Å². The second-order valence-electron chi connectivity index (χ2n) is 9.17. The van der Waals surface area contributed by atoms with Crippen LogP contribution in [-0.2, 0) is 33.0 Å². The molecule has 0 unspecified atom stereocenters. The smallest absolute Gasteiger partial charge is 0.257 e. The Bertz CT molecular complexity index is 1490. The van der Waals surface area contributed by atoms with E-state index in [1.54, 1.807) is 12.1 Å². The first kappa shape index (κ1) is 22.9. The third kappa shape index (κ3) is 4.12. The molecule has 3 heterocycles. The van der Waals surface area contributed by atoms with E-state index in [4.69, 9.17) is 5.41 Å². The first-order valence-electron chi connectivity index (χ1n) is 11.1. The third-order valence-corrected chi connectivity index (χ3v) is 7.20. The van der Waals surface area contributed by atoms with Crippen LogP contribution >= 0.6 is 0 Å². The number of rotatable bonds is 5. The number of nitrogens with one attached hydrogen (secondary N) is 3. The van der Waals surface area contributed by atoms with Gasteiger partial charge in [-0.2, -0.15) is 9.78 Å². The van der Waals surface area contributed by atoms with Crippen molar-refractivity contribution in [3.8, 4) is 5.82 Å². The average Bonchev–Trinajstić information content (AvgIpc) is 3.31. The van der Waals surface area contributed by atoms with Crippen molar-refractivity contribution >= 4 is 33.7 Å². The summed E-state index contributed by atoms with van der Waals surface area (Å²) in [6.07, 6.45) is 5.57. The molecule has 0 fully saturated rings. The van der Waals surface area contributed by atoms with Gasteiger partial charge >= 0.3 is 0 Å². The number of aryl methyl sites for hydroxylation is 2. The number of sulfone groups is 1. The minimum Gasteiger partial charge on any atom is -0.342 e. The fraction of sp³-hybridized carbons (Fsp3) is 0.292. The maximum Gasteiger partial charge on any atom is 0.257 e. The molecule has 1 aliphatic heterocycles. The molecule has 1 aromatic carbocycles. The van der Waals surface area contributed by atoms with Crippen molar-refractivity contribution in [1.82, 2.24) is 20.1 Å². The molecular formula is C24H24N6O4S. The second kappa shape index (κ2) is 8.12. The predicted molar refractivity (Wildman–Crippen MR) is 130 cm³/mol. The van der Waals surface area contributed by atoms with E-state index in [0.29, 0.717) is 23.5 Å². The average molecular weight is 493 g/mol. The van der Waals surface area contributed by atoms with Crippen LogP contribution in [0.25, 0.3) is 5.82 Å². The summed E-state index contributed by atoms with van der Waals surface area (Å²) in [6, 6.07) is 9.49. The normalized spacial score (nSPS) is 18.6. The number of fused-ring (bicyclic) bond motifs is 3. The molecule has 10 nitrogen and oxygen atoms in total. The molecule has 5 rings (SSSR count). The van der Waals surface area contributed by atoms with Gasteiger partial charge in [-0.05, 0) is 43.0 Å². The Morgan fingerprint density at radius 2 is 2.11 bits per heavy atom. The molecule has 0 bridgehead atoms. The zero-order valence-electron chi connectivity index (χ0n) is 19.3. The molecule has 2 amide bonds. The maximum absolute atomic E-state index is 13.5. The first-order valence-corrected chi connectivity index (χ1v) is 13.1. The van der Waals surface area contributed by atoms with E-state index < -0.39 is 32.9 Å². The van der Waals surface area contributed by atoms with Gasteiger partial charge in [0.05, 0.1) is 11.2 Å². The summed E-state index contributed by atoms with van der Waals surface area (Å²) in [4.78, 5) is 30.3. The number of hydrogen-bond donors (Lipinski definition) is 3. The molecule has 180 valence electrons. The van der Waals surface area contributed by atoms with Gasteiger partial charge in [0.15, 0.2) is 21.5 Å². The van der Waals surface area contributed by atoms with E-state index >= 15 is 0 Å². The van der Waals surface area contributed by atoms with E-state index in [2.05, 4.69) is 26.8 Å². The second-order valence-corrected chi connectivity index (χ2v) is 11.3. The van der Waals surface area contributed by atoms with Crippen LogP contribution in [0.1, 0.15) is 44.7 Å². The lowest BCUT2D eigenvalue weighted by atomic mass is 9.82. The summed E-state index contributed by atoms with van der Waals surface area (Å²) in [5.41, 5.74) is 4.07. The van der Waals surface area contributed by atoms with Crippen LogP contribution in [0.15, 0.2) is 36.5 Å². The standard InChI is InChI=1S/C24H24N6O4S/c1-14-3-5-17-16(9-14)7-8-24(17)10-18-21(23(32)28-24)22(27-20(31)13-35(2,33)34)30(29-18)19-6-4-15(11-25)12-26-19/h3-6,9,11-12,25H,7-8,10,13H2,1-2H3,(H,27,31)(H,28,32)/t24-/m0/s1. The molecule has 0 saturated carbocycles. The van der Waals surface area contributed by atoms with Crippen LogP contribution in [0.2, 0.25) is 0 Å². The molecule has 3 aromatic rings. The van der Waals surface area contributed by atoms with Gasteiger partial charge in [0.1, 0.15) is 11.3 Å². The lowest BCUT2D eigenvalue weighted by Gasteiger charge is -2.35. The van der Waals surface area contributed by atoms with E-state index in [9.17, 15) is 18.0 Å². The van der Waals surface area contributed by atoms with Crippen LogP contribution < -0.4 is 10.6 Å². The molecule has 35 heavy (non-hydrogen) atoms. The van der Waals surface area contributed by atoms with Crippen molar-refractivity contribution in [3.63, 3.8) is 0 Å². The zero-order valence-corrected chi connectivity index (χ0v) is 20.1. The third-order valence-electron chi connectivity index (χ3n) is 6.41. The summed E-state index contributed by atoms with van der Waals surface area (Å²) in [6.45, 7) is 2.03. The van der Waals surface area contributed by atoms with Crippen LogP contribution in [0.5, 0.6) is 0 Å². The monoisotopic (exact) mass is 492 g/mol. The largest absolute Gasteiger partial charge is 0.342 e. The minimum absolute atomic E-state index is 0.0678. The number of anilines is 1. The Morgan fingerprint density at radius 3 is 2.80 bits per heavy atom. The maximum atomic E-state index is 13.5. The highest BCUT2D eigenvalue weighted by Gasteiger charge is 2.46. The summed E-state index contributed by atoms with van der Waals surface area (Å²) < 4.78 is 24.7. The van der Waals surface area contributed by atoms with Gasteiger partial charge in [0.2, 0.25) is 5.91 Å². The van der Waals surface area contributed by atoms with Crippen molar-refractivity contribution in [2.45, 2.75) is 31.7 Å². The van der Waals surface area contributed by atoms with Crippen molar-refractivity contribution in [2.75, 3.05) is 17.3 Å². The highest BCUT2D eigenvalue weighted by molar-refractivity contribution is 7.91. The molecule has 2 aliphatic rings. The number of pyridine rings is 1. The molecule has 11 heteroatoms. The zero-order chi connectivity index (χ0) is 25.0. The Kier molecular flexibility index (Phi) is 5.32. The van der Waals surface area contributed by atoms with Crippen LogP contribution in [0.3, 0.4) is 0 Å². The topological polar surface area (TPSA) is 147 Å². The number of amides is 2. The Balaban J connectivity index is 1.61. The summed E-state index contributed by atoms with van der Waals surface area (Å²) >= 11 is 0. The van der Waals surface area contributed by atoms with Gasteiger partial charge in [0.25, 0.3) is 5.91 Å². The fourth-order valence-corrected chi connectivity index (χ4v) is 5.47. The van der Waals surface area contributed by atoms with Gasteiger partial charge in [-0.1, -0.05) is 23.8 Å². The number of hydrogen-bond acceptors (Lipinski definition) is 7. The summed E-state index contributed by atoms with van der Waals surface area (Å²) in [5.74, 6) is -1.51. The van der Waals surface area contributed by atoms with Gasteiger partial charge in [-0.15, -0.1) is 0 Å². The lowest BCUT2D eigenvalue weighted by Crippen LogP contribution is -2.49. The van der Waals surface area contributed by atoms with E-state index in [0.717, 1.165) is 36.4 Å². The van der Waals surface area contributed by atoms with E-state index in [1.807, 2.05) is 19.1 Å². The summed E-state index contributed by atoms with van der Waals surface area (Å²) in [5, 5.41) is 17.8. The highest BCUT2D eigenvalue weighted by Crippen LogP contribution is 2.43. The molecule has 0 saturated heterocycles. The Labute approximate surface area is 202 Å². The Hall–Kier alpha value is -3.86. The first-order chi connectivity index (χ1) is 16.6. The molecule has 2 aromatic heterocycles. The molecule has 0 radical (unpaired) electrons. The quantitative estimate of drug-likeness (QED) is 0.462. The Morgan fingerprint density at radius 1 is 1.31 bits per heavy atom. The van der Waals surface area contributed by atoms with Gasteiger partial charge in [-0.25, -0.2) is 13.4 Å². The van der Waals surface area contributed by atoms with Gasteiger partial charge in [-0.3, -0.25) is 9.59 Å². The van der Waals surface area contributed by atoms with Gasteiger partial charge < -0.3 is 16.0 Å². The molecule has 3 N–H and O–H groups in total. The van der Waals surface area contributed by atoms with Crippen molar-refractivity contribution in [2.24, 2.45) is 0 Å². The van der Waals surface area contributed by atoms with E-state index in [1.165, 1.54) is 16.4 Å². The lowest BCUT2D eigenvalue weighted by molar-refractivity contribution is -0.113. The summed E-state index contributed by atoms with van der Waals surface area (Å²) in [7, 11) is -3.59. The number of aromatic nitrogens is 3. The number of carbonyl (C=O) groups is 2. The van der Waals surface area contributed by atoms with Gasteiger partial charge in [0, 0.05) is 30.7 Å². The van der Waals surface area contributed by atoms with Crippen molar-refractivity contribution in [1.29, 1.82) is 5.41 Å². The molecule has 1 spiro atoms. The van der Waals surface area contributed by atoms with Crippen LogP contribution in [0, 0.1) is 12.3 Å². The predicted octanol–water partition coefficient (Wildman–Crippen LogP) is 1.68. The fourth-order valence-electron chi connectivity index (χ4n) is 4.92. The SMILES string of the molecule is Cc1ccc2c(c1)CC[C@]21Cc2nn(-c3ccc(C=N)cn3)c(NC(=O)CS(C)(=O)=O)c2C(=O)N1. The number of nitrogens with zero attached hydrogens (tertiary/aromatic N) is 3. The molecular weight excluding hydrogens is 468 g/mol. The van der Waals surface area contributed by atoms with Crippen molar-refractivity contribution < 1.29 is 18.0 Å².